The SMILES string of the molecule is C[Si](C)(c1cc2c(ccc3ccccc32)[cH-]1)c1cc2c(ccc3ccccc32)[cH-]1.[Cl-].[Cl-].[Zr+4]. The van der Waals surface area contributed by atoms with E-state index in [1.807, 2.05) is 0 Å². The molecule has 0 aliphatic rings. The van der Waals surface area contributed by atoms with Gasteiger partial charge in [0.2, 0.25) is 0 Å². The molecule has 156 valence electrons. The van der Waals surface area contributed by atoms with Crippen LogP contribution in [0.3, 0.4) is 0 Å². The van der Waals surface area contributed by atoms with Gasteiger partial charge in [-0.05, 0) is 10.8 Å². The van der Waals surface area contributed by atoms with Gasteiger partial charge < -0.3 is 24.8 Å². The van der Waals surface area contributed by atoms with Gasteiger partial charge in [0.15, 0.2) is 0 Å². The van der Waals surface area contributed by atoms with Gasteiger partial charge in [0.05, 0.1) is 8.07 Å². The largest absolute Gasteiger partial charge is 4.00 e. The van der Waals surface area contributed by atoms with Gasteiger partial charge in [0, 0.05) is 0 Å². The molecule has 0 aromatic heterocycles. The first kappa shape index (κ1) is 24.9. The van der Waals surface area contributed by atoms with Gasteiger partial charge in [0.25, 0.3) is 0 Å². The molecule has 0 bridgehead atoms. The van der Waals surface area contributed by atoms with E-state index >= 15 is 0 Å². The average Bonchev–Trinajstić information content (AvgIpc) is 3.39. The summed E-state index contributed by atoms with van der Waals surface area (Å²) < 4.78 is 0. The second-order valence-electron chi connectivity index (χ2n) is 8.69. The Kier molecular flexibility index (Phi) is 7.23. The van der Waals surface area contributed by atoms with E-state index in [-0.39, 0.29) is 51.0 Å². The van der Waals surface area contributed by atoms with Gasteiger partial charge in [-0.25, -0.2) is 0 Å². The number of hydrogen-bond acceptors (Lipinski definition) is 0. The van der Waals surface area contributed by atoms with E-state index in [0.29, 0.717) is 0 Å². The molecular weight excluding hydrogens is 527 g/mol. The summed E-state index contributed by atoms with van der Waals surface area (Å²) in [5, 5.41) is 13.9. The predicted molar refractivity (Wildman–Crippen MR) is 131 cm³/mol. The average molecular weight is 549 g/mol. The predicted octanol–water partition coefficient (Wildman–Crippen LogP) is 0.565. The molecule has 0 aliphatic heterocycles. The Bertz CT molecular complexity index is 1430. The molecule has 0 nitrogen and oxygen atoms in total. The number of rotatable bonds is 2. The third-order valence-corrected chi connectivity index (χ3v) is 10.1. The standard InChI is InChI=1S/C28H22Si.2ClH.Zr/c1-29(2,23-15-21-13-11-19-7-3-5-9-25(19)27(21)17-23)24-16-22-14-12-20-8-4-6-10-26(20)28(22)18-24;;;/h3-18H,1-2H3;2*1H;/q-2;;;+4/p-2. The zero-order chi connectivity index (χ0) is 19.6. The Hall–Kier alpha value is -1.70. The number of fused-ring (bicyclic) bond motifs is 6. The molecule has 0 spiro atoms. The molecule has 0 saturated heterocycles. The van der Waals surface area contributed by atoms with Crippen LogP contribution >= 0.6 is 0 Å². The van der Waals surface area contributed by atoms with Crippen LogP contribution in [0.15, 0.2) is 97.1 Å². The molecule has 0 amide bonds. The minimum absolute atomic E-state index is 0. The van der Waals surface area contributed by atoms with Crippen LogP contribution in [0.5, 0.6) is 0 Å². The quantitative estimate of drug-likeness (QED) is 0.219. The number of benzene rings is 4. The molecule has 0 unspecified atom stereocenters. The molecule has 0 fully saturated rings. The van der Waals surface area contributed by atoms with Gasteiger partial charge in [-0.1, -0.05) is 84.5 Å². The maximum Gasteiger partial charge on any atom is 4.00 e. The Morgan fingerprint density at radius 1 is 0.531 bits per heavy atom. The summed E-state index contributed by atoms with van der Waals surface area (Å²) in [6, 6.07) is 36.3. The summed E-state index contributed by atoms with van der Waals surface area (Å²) in [6.07, 6.45) is 0. The van der Waals surface area contributed by atoms with Crippen molar-refractivity contribution in [1.82, 2.24) is 0 Å². The Balaban J connectivity index is 0.000000963. The summed E-state index contributed by atoms with van der Waals surface area (Å²) in [5.74, 6) is 0. The molecule has 0 aliphatic carbocycles. The minimum Gasteiger partial charge on any atom is -1.00 e. The van der Waals surface area contributed by atoms with Crippen molar-refractivity contribution in [3.8, 4) is 0 Å². The summed E-state index contributed by atoms with van der Waals surface area (Å²) in [4.78, 5) is 0. The van der Waals surface area contributed by atoms with Crippen molar-refractivity contribution >= 4 is 61.5 Å². The zero-order valence-electron chi connectivity index (χ0n) is 18.0. The molecule has 0 radical (unpaired) electrons. The third kappa shape index (κ3) is 3.82. The van der Waals surface area contributed by atoms with Crippen LogP contribution in [-0.2, 0) is 26.2 Å². The molecule has 0 heterocycles. The normalized spacial score (nSPS) is 11.3. The van der Waals surface area contributed by atoms with Gasteiger partial charge in [-0.2, -0.15) is 12.1 Å². The first-order valence-corrected chi connectivity index (χ1v) is 13.3. The van der Waals surface area contributed by atoms with Crippen molar-refractivity contribution in [1.29, 1.82) is 0 Å². The molecule has 4 heteroatoms. The number of halogens is 2. The molecule has 0 atom stereocenters. The van der Waals surface area contributed by atoms with Crippen LogP contribution in [0.1, 0.15) is 0 Å². The smallest absolute Gasteiger partial charge is 1.00 e. The molecule has 0 N–H and O–H groups in total. The first-order chi connectivity index (χ1) is 14.1. The van der Waals surface area contributed by atoms with Crippen LogP contribution in [0.4, 0.5) is 0 Å². The molecule has 0 saturated carbocycles. The van der Waals surface area contributed by atoms with Gasteiger partial charge >= 0.3 is 26.2 Å². The maximum absolute atomic E-state index is 2.49. The van der Waals surface area contributed by atoms with Gasteiger partial charge in [0.1, 0.15) is 0 Å². The van der Waals surface area contributed by atoms with Crippen molar-refractivity contribution in [3.63, 3.8) is 0 Å². The zero-order valence-corrected chi connectivity index (χ0v) is 23.0. The van der Waals surface area contributed by atoms with E-state index in [1.54, 1.807) is 0 Å². The fraction of sp³-hybridized carbons (Fsp3) is 0.0714. The van der Waals surface area contributed by atoms with E-state index in [0.717, 1.165) is 0 Å². The molecule has 6 aromatic carbocycles. The number of hydrogen-bond donors (Lipinski definition) is 0. The van der Waals surface area contributed by atoms with Crippen molar-refractivity contribution < 1.29 is 51.0 Å². The fourth-order valence-corrected chi connectivity index (χ4v) is 7.19. The Morgan fingerprint density at radius 3 is 1.38 bits per heavy atom. The van der Waals surface area contributed by atoms with E-state index in [2.05, 4.69) is 110 Å². The van der Waals surface area contributed by atoms with Crippen LogP contribution in [0.25, 0.3) is 43.1 Å². The van der Waals surface area contributed by atoms with Gasteiger partial charge in [-0.15, -0.1) is 56.2 Å². The van der Waals surface area contributed by atoms with Crippen LogP contribution in [0.2, 0.25) is 13.1 Å². The minimum atomic E-state index is -1.80. The summed E-state index contributed by atoms with van der Waals surface area (Å²) in [6.45, 7) is 4.97. The Labute approximate surface area is 221 Å². The van der Waals surface area contributed by atoms with E-state index in [4.69, 9.17) is 0 Å². The molecule has 6 aromatic rings. The van der Waals surface area contributed by atoms with Crippen LogP contribution < -0.4 is 35.2 Å². The summed E-state index contributed by atoms with van der Waals surface area (Å²) >= 11 is 0. The topological polar surface area (TPSA) is 0 Å². The van der Waals surface area contributed by atoms with Crippen molar-refractivity contribution in [2.24, 2.45) is 0 Å². The van der Waals surface area contributed by atoms with Crippen molar-refractivity contribution in [2.45, 2.75) is 13.1 Å². The second kappa shape index (κ2) is 9.27. The second-order valence-corrected chi connectivity index (χ2v) is 13.1. The van der Waals surface area contributed by atoms with Gasteiger partial charge in [-0.3, -0.25) is 0 Å². The fourth-order valence-electron chi connectivity index (χ4n) is 4.82. The van der Waals surface area contributed by atoms with Crippen LogP contribution in [0, 0.1) is 0 Å². The molecular formula is C28H22Cl2SiZr. The summed E-state index contributed by atoms with van der Waals surface area (Å²) in [5.41, 5.74) is 0. The van der Waals surface area contributed by atoms with E-state index in [1.165, 1.54) is 53.5 Å². The Morgan fingerprint density at radius 2 is 0.938 bits per heavy atom. The summed E-state index contributed by atoms with van der Waals surface area (Å²) in [7, 11) is -1.80. The van der Waals surface area contributed by atoms with Crippen LogP contribution in [-0.4, -0.2) is 8.07 Å². The van der Waals surface area contributed by atoms with Crippen molar-refractivity contribution in [2.75, 3.05) is 0 Å². The third-order valence-electron chi connectivity index (χ3n) is 6.67. The van der Waals surface area contributed by atoms with Crippen molar-refractivity contribution in [3.05, 3.63) is 97.1 Å². The van der Waals surface area contributed by atoms with E-state index < -0.39 is 8.07 Å². The monoisotopic (exact) mass is 546 g/mol. The van der Waals surface area contributed by atoms with E-state index in [9.17, 15) is 0 Å². The first-order valence-electron chi connectivity index (χ1n) is 10.3. The molecule has 6 rings (SSSR count). The maximum atomic E-state index is 2.49. The molecule has 32 heavy (non-hydrogen) atoms.